The molecule has 2 N–H and O–H groups in total. The molecule has 0 bridgehead atoms. The molecule has 2 rings (SSSR count). The van der Waals surface area contributed by atoms with Gasteiger partial charge in [-0.1, -0.05) is 17.7 Å². The third-order valence-corrected chi connectivity index (χ3v) is 4.48. The standard InChI is InChI=1S/C12H15BrClNO/c13-10-6-9(2-3-11(10)14)7-15-12(8-16)4-1-5-12/h2-3,6,15-16H,1,4-5,7-8H2. The summed E-state index contributed by atoms with van der Waals surface area (Å²) in [5.74, 6) is 0. The van der Waals surface area contributed by atoms with Gasteiger partial charge in [0.25, 0.3) is 0 Å². The highest BCUT2D eigenvalue weighted by atomic mass is 79.9. The number of aliphatic hydroxyl groups excluding tert-OH is 1. The maximum atomic E-state index is 9.32. The lowest BCUT2D eigenvalue weighted by molar-refractivity contribution is 0.0872. The maximum Gasteiger partial charge on any atom is 0.0613 e. The third kappa shape index (κ3) is 2.59. The Kier molecular flexibility index (Phi) is 3.90. The molecule has 0 heterocycles. The van der Waals surface area contributed by atoms with Crippen molar-refractivity contribution in [2.75, 3.05) is 6.61 Å². The molecule has 0 spiro atoms. The predicted molar refractivity (Wildman–Crippen MR) is 69.7 cm³/mol. The normalized spacial score (nSPS) is 18.2. The van der Waals surface area contributed by atoms with Crippen LogP contribution in [0.5, 0.6) is 0 Å². The first-order valence-electron chi connectivity index (χ1n) is 5.45. The summed E-state index contributed by atoms with van der Waals surface area (Å²) < 4.78 is 0.917. The Labute approximate surface area is 109 Å². The molecule has 88 valence electrons. The van der Waals surface area contributed by atoms with Gasteiger partial charge in [-0.15, -0.1) is 0 Å². The zero-order valence-electron chi connectivity index (χ0n) is 8.97. The first-order chi connectivity index (χ1) is 7.65. The molecule has 1 aromatic carbocycles. The summed E-state index contributed by atoms with van der Waals surface area (Å²) in [6, 6.07) is 5.90. The fourth-order valence-electron chi connectivity index (χ4n) is 1.93. The highest BCUT2D eigenvalue weighted by Gasteiger charge is 2.35. The lowest BCUT2D eigenvalue weighted by Gasteiger charge is -2.41. The van der Waals surface area contributed by atoms with Crippen molar-refractivity contribution in [1.82, 2.24) is 5.32 Å². The number of hydrogen-bond donors (Lipinski definition) is 2. The first-order valence-corrected chi connectivity index (χ1v) is 6.62. The predicted octanol–water partition coefficient (Wildman–Crippen LogP) is 3.11. The SMILES string of the molecule is OCC1(NCc2ccc(Cl)c(Br)c2)CCC1. The minimum absolute atomic E-state index is 0.0356. The lowest BCUT2D eigenvalue weighted by Crippen LogP contribution is -2.53. The molecule has 1 aliphatic carbocycles. The van der Waals surface area contributed by atoms with Crippen LogP contribution in [0, 0.1) is 0 Å². The zero-order valence-corrected chi connectivity index (χ0v) is 11.3. The average Bonchev–Trinajstić information content (AvgIpc) is 2.22. The summed E-state index contributed by atoms with van der Waals surface area (Å²) in [6.45, 7) is 0.998. The number of hydrogen-bond acceptors (Lipinski definition) is 2. The zero-order chi connectivity index (χ0) is 11.6. The molecule has 16 heavy (non-hydrogen) atoms. The van der Waals surface area contributed by atoms with Gasteiger partial charge in [-0.2, -0.15) is 0 Å². The Morgan fingerprint density at radius 2 is 2.19 bits per heavy atom. The Hall–Kier alpha value is -0.0900. The molecule has 1 saturated carbocycles. The van der Waals surface area contributed by atoms with Crippen molar-refractivity contribution in [3.63, 3.8) is 0 Å². The monoisotopic (exact) mass is 303 g/mol. The minimum Gasteiger partial charge on any atom is -0.394 e. The van der Waals surface area contributed by atoms with Crippen LogP contribution in [0.15, 0.2) is 22.7 Å². The Bertz CT molecular complexity index is 374. The summed E-state index contributed by atoms with van der Waals surface area (Å²) in [7, 11) is 0. The van der Waals surface area contributed by atoms with E-state index in [-0.39, 0.29) is 12.1 Å². The van der Waals surface area contributed by atoms with E-state index >= 15 is 0 Å². The van der Waals surface area contributed by atoms with Crippen LogP contribution in [-0.2, 0) is 6.54 Å². The van der Waals surface area contributed by atoms with Gasteiger partial charge in [0.1, 0.15) is 0 Å². The van der Waals surface area contributed by atoms with Crippen LogP contribution in [0.25, 0.3) is 0 Å². The van der Waals surface area contributed by atoms with Crippen molar-refractivity contribution in [2.24, 2.45) is 0 Å². The summed E-state index contributed by atoms with van der Waals surface area (Å²) in [5, 5.41) is 13.5. The summed E-state index contributed by atoms with van der Waals surface area (Å²) in [5.41, 5.74) is 1.14. The third-order valence-electron chi connectivity index (χ3n) is 3.26. The number of rotatable bonds is 4. The van der Waals surface area contributed by atoms with Gasteiger partial charge < -0.3 is 10.4 Å². The minimum atomic E-state index is -0.0356. The molecule has 1 aromatic rings. The molecule has 0 radical (unpaired) electrons. The largest absolute Gasteiger partial charge is 0.394 e. The molecule has 0 atom stereocenters. The van der Waals surface area contributed by atoms with E-state index in [9.17, 15) is 5.11 Å². The topological polar surface area (TPSA) is 32.3 Å². The van der Waals surface area contributed by atoms with Crippen LogP contribution in [-0.4, -0.2) is 17.3 Å². The van der Waals surface area contributed by atoms with Crippen molar-refractivity contribution < 1.29 is 5.11 Å². The molecule has 0 aliphatic heterocycles. The van der Waals surface area contributed by atoms with E-state index in [4.69, 9.17) is 11.6 Å². The molecule has 0 saturated heterocycles. The van der Waals surface area contributed by atoms with Crippen molar-refractivity contribution >= 4 is 27.5 Å². The highest BCUT2D eigenvalue weighted by molar-refractivity contribution is 9.10. The molecule has 0 aromatic heterocycles. The first kappa shape index (κ1) is 12.4. The lowest BCUT2D eigenvalue weighted by atomic mass is 9.77. The van der Waals surface area contributed by atoms with Crippen LogP contribution in [0.1, 0.15) is 24.8 Å². The fourth-order valence-corrected chi connectivity index (χ4v) is 2.48. The van der Waals surface area contributed by atoms with Crippen LogP contribution in [0.4, 0.5) is 0 Å². The molecule has 0 unspecified atom stereocenters. The van der Waals surface area contributed by atoms with E-state index in [1.54, 1.807) is 0 Å². The van der Waals surface area contributed by atoms with Crippen molar-refractivity contribution in [2.45, 2.75) is 31.3 Å². The van der Waals surface area contributed by atoms with E-state index < -0.39 is 0 Å². The summed E-state index contributed by atoms with van der Waals surface area (Å²) in [4.78, 5) is 0. The molecule has 4 heteroatoms. The summed E-state index contributed by atoms with van der Waals surface area (Å²) in [6.07, 6.45) is 3.34. The number of nitrogens with one attached hydrogen (secondary N) is 1. The van der Waals surface area contributed by atoms with Gasteiger partial charge in [0.15, 0.2) is 0 Å². The van der Waals surface area contributed by atoms with Gasteiger partial charge in [-0.25, -0.2) is 0 Å². The van der Waals surface area contributed by atoms with Crippen LogP contribution >= 0.6 is 27.5 Å². The average molecular weight is 305 g/mol. The van der Waals surface area contributed by atoms with E-state index in [0.29, 0.717) is 0 Å². The second-order valence-electron chi connectivity index (χ2n) is 4.39. The molecule has 1 fully saturated rings. The molecular weight excluding hydrogens is 289 g/mol. The number of aliphatic hydroxyl groups is 1. The molecular formula is C12H15BrClNO. The molecule has 2 nitrogen and oxygen atoms in total. The second-order valence-corrected chi connectivity index (χ2v) is 5.66. The molecule has 1 aliphatic rings. The maximum absolute atomic E-state index is 9.32. The van der Waals surface area contributed by atoms with Gasteiger partial charge in [0, 0.05) is 16.6 Å². The number of benzene rings is 1. The van der Waals surface area contributed by atoms with Gasteiger partial charge in [0.2, 0.25) is 0 Å². The van der Waals surface area contributed by atoms with Gasteiger partial charge >= 0.3 is 0 Å². The van der Waals surface area contributed by atoms with Crippen molar-refractivity contribution in [3.05, 3.63) is 33.3 Å². The van der Waals surface area contributed by atoms with E-state index in [1.165, 1.54) is 12.0 Å². The van der Waals surface area contributed by atoms with Crippen molar-refractivity contribution in [3.8, 4) is 0 Å². The van der Waals surface area contributed by atoms with Crippen LogP contribution < -0.4 is 5.32 Å². The number of halogens is 2. The second kappa shape index (κ2) is 5.05. The highest BCUT2D eigenvalue weighted by Crippen LogP contribution is 2.31. The van der Waals surface area contributed by atoms with E-state index in [0.717, 1.165) is 28.9 Å². The van der Waals surface area contributed by atoms with Gasteiger partial charge in [0.05, 0.1) is 11.6 Å². The Morgan fingerprint density at radius 3 is 2.69 bits per heavy atom. The Morgan fingerprint density at radius 1 is 1.44 bits per heavy atom. The van der Waals surface area contributed by atoms with E-state index in [2.05, 4.69) is 21.2 Å². The quantitative estimate of drug-likeness (QED) is 0.896. The fraction of sp³-hybridized carbons (Fsp3) is 0.500. The van der Waals surface area contributed by atoms with Crippen LogP contribution in [0.3, 0.4) is 0 Å². The smallest absolute Gasteiger partial charge is 0.0613 e. The van der Waals surface area contributed by atoms with Crippen LogP contribution in [0.2, 0.25) is 5.02 Å². The van der Waals surface area contributed by atoms with Crippen molar-refractivity contribution in [1.29, 1.82) is 0 Å². The van der Waals surface area contributed by atoms with Gasteiger partial charge in [-0.3, -0.25) is 0 Å². The van der Waals surface area contributed by atoms with E-state index in [1.807, 2.05) is 18.2 Å². The van der Waals surface area contributed by atoms with Gasteiger partial charge in [-0.05, 0) is 52.9 Å². The molecule has 0 amide bonds. The summed E-state index contributed by atoms with van der Waals surface area (Å²) >= 11 is 9.33. The Balaban J connectivity index is 1.96.